The predicted octanol–water partition coefficient (Wildman–Crippen LogP) is 3.02. The van der Waals surface area contributed by atoms with Gasteiger partial charge in [0.2, 0.25) is 10.0 Å². The highest BCUT2D eigenvalue weighted by molar-refractivity contribution is 7.89. The van der Waals surface area contributed by atoms with Crippen molar-refractivity contribution in [3.05, 3.63) is 53.1 Å². The van der Waals surface area contributed by atoms with E-state index in [2.05, 4.69) is 10.2 Å². The average Bonchev–Trinajstić information content (AvgIpc) is 2.81. The zero-order valence-corrected chi connectivity index (χ0v) is 20.5. The molecule has 1 amide bonds. The molecule has 1 aliphatic heterocycles. The van der Waals surface area contributed by atoms with Crippen molar-refractivity contribution in [2.75, 3.05) is 56.6 Å². The molecule has 0 atom stereocenters. The molecule has 1 aliphatic rings. The summed E-state index contributed by atoms with van der Waals surface area (Å²) < 4.78 is 38.0. The number of carbonyl (C=O) groups is 1. The second kappa shape index (κ2) is 11.6. The number of anilines is 1. The highest BCUT2D eigenvalue weighted by Crippen LogP contribution is 2.29. The Labute approximate surface area is 200 Å². The van der Waals surface area contributed by atoms with Crippen molar-refractivity contribution in [1.82, 2.24) is 9.62 Å². The number of nitrogens with one attached hydrogen (secondary N) is 1. The van der Waals surface area contributed by atoms with Gasteiger partial charge in [0, 0.05) is 38.3 Å². The van der Waals surface area contributed by atoms with Crippen LogP contribution in [0.25, 0.3) is 0 Å². The van der Waals surface area contributed by atoms with Gasteiger partial charge in [0.25, 0.3) is 5.91 Å². The Bertz CT molecular complexity index is 1060. The lowest BCUT2D eigenvalue weighted by atomic mass is 10.2. The summed E-state index contributed by atoms with van der Waals surface area (Å²) in [5.74, 6) is 0.517. The van der Waals surface area contributed by atoms with Crippen LogP contribution >= 0.6 is 11.6 Å². The Balaban J connectivity index is 1.52. The molecule has 0 aliphatic carbocycles. The number of piperazine rings is 1. The van der Waals surface area contributed by atoms with Gasteiger partial charge in [-0.2, -0.15) is 4.31 Å². The van der Waals surface area contributed by atoms with Gasteiger partial charge in [-0.15, -0.1) is 0 Å². The van der Waals surface area contributed by atoms with Gasteiger partial charge in [0.05, 0.1) is 29.7 Å². The number of benzene rings is 2. The van der Waals surface area contributed by atoms with Crippen molar-refractivity contribution in [1.29, 1.82) is 0 Å². The molecule has 1 heterocycles. The van der Waals surface area contributed by atoms with Gasteiger partial charge < -0.3 is 19.7 Å². The Morgan fingerprint density at radius 1 is 1.00 bits per heavy atom. The number of halogens is 1. The number of ether oxygens (including phenoxy) is 2. The number of para-hydroxylation sites is 1. The first-order valence-corrected chi connectivity index (χ1v) is 13.0. The van der Waals surface area contributed by atoms with Crippen LogP contribution in [0.5, 0.6) is 11.5 Å². The summed E-state index contributed by atoms with van der Waals surface area (Å²) in [4.78, 5) is 14.6. The Morgan fingerprint density at radius 2 is 1.67 bits per heavy atom. The van der Waals surface area contributed by atoms with E-state index >= 15 is 0 Å². The smallest absolute Gasteiger partial charge is 0.251 e. The van der Waals surface area contributed by atoms with Crippen molar-refractivity contribution in [2.45, 2.75) is 13.8 Å². The van der Waals surface area contributed by atoms with Crippen LogP contribution in [0.3, 0.4) is 0 Å². The molecule has 0 radical (unpaired) electrons. The third-order valence-corrected chi connectivity index (χ3v) is 7.47. The maximum atomic E-state index is 12.8. The number of carbonyl (C=O) groups excluding carboxylic acids is 1. The molecule has 10 heteroatoms. The molecule has 180 valence electrons. The Hall–Kier alpha value is -2.49. The quantitative estimate of drug-likeness (QED) is 0.545. The molecular weight excluding hydrogens is 466 g/mol. The van der Waals surface area contributed by atoms with Gasteiger partial charge in [-0.25, -0.2) is 8.42 Å². The largest absolute Gasteiger partial charge is 0.490 e. The number of sulfonamides is 1. The van der Waals surface area contributed by atoms with E-state index in [1.54, 1.807) is 18.2 Å². The summed E-state index contributed by atoms with van der Waals surface area (Å²) in [6, 6.07) is 12.4. The van der Waals surface area contributed by atoms with Crippen LogP contribution in [0.1, 0.15) is 24.2 Å². The first-order valence-electron chi connectivity index (χ1n) is 11.0. The molecule has 1 fully saturated rings. The average molecular weight is 496 g/mol. The summed E-state index contributed by atoms with van der Waals surface area (Å²) in [5.41, 5.74) is 1.29. The fourth-order valence-corrected chi connectivity index (χ4v) is 5.23. The minimum atomic E-state index is -3.49. The molecule has 8 nitrogen and oxygen atoms in total. The lowest BCUT2D eigenvalue weighted by molar-refractivity contribution is 0.0955. The van der Waals surface area contributed by atoms with Crippen LogP contribution in [0.15, 0.2) is 42.5 Å². The first-order chi connectivity index (χ1) is 15.9. The van der Waals surface area contributed by atoms with Gasteiger partial charge >= 0.3 is 0 Å². The number of rotatable bonds is 10. The van der Waals surface area contributed by atoms with Crippen LogP contribution in [-0.4, -0.2) is 70.3 Å². The normalized spacial score (nSPS) is 14.7. The lowest BCUT2D eigenvalue weighted by Gasteiger charge is -2.35. The van der Waals surface area contributed by atoms with Crippen molar-refractivity contribution in [2.24, 2.45) is 0 Å². The second-order valence-electron chi connectivity index (χ2n) is 7.44. The molecule has 33 heavy (non-hydrogen) atoms. The van der Waals surface area contributed by atoms with Gasteiger partial charge in [0.1, 0.15) is 0 Å². The molecule has 0 spiro atoms. The third-order valence-electron chi connectivity index (χ3n) is 5.28. The van der Waals surface area contributed by atoms with Crippen LogP contribution in [0.4, 0.5) is 5.69 Å². The standard InChI is InChI=1S/C23H30ClN3O5S/c1-3-31-21-10-9-18(17-22(21)32-4-2)23(28)25-11-16-33(29,30)27-14-12-26(13-15-27)20-8-6-5-7-19(20)24/h5-10,17H,3-4,11-16H2,1-2H3,(H,25,28). The molecule has 1 saturated heterocycles. The molecule has 3 rings (SSSR count). The van der Waals surface area contributed by atoms with Crippen molar-refractivity contribution < 1.29 is 22.7 Å². The first kappa shape index (κ1) is 25.1. The topological polar surface area (TPSA) is 88.2 Å². The number of hydrogen-bond acceptors (Lipinski definition) is 6. The minimum absolute atomic E-state index is 0.0169. The predicted molar refractivity (Wildman–Crippen MR) is 130 cm³/mol. The van der Waals surface area contributed by atoms with E-state index in [1.807, 2.05) is 38.1 Å². The van der Waals surface area contributed by atoms with E-state index in [-0.39, 0.29) is 18.2 Å². The van der Waals surface area contributed by atoms with E-state index < -0.39 is 10.0 Å². The molecule has 0 aromatic heterocycles. The van der Waals surface area contributed by atoms with E-state index in [0.717, 1.165) is 5.69 Å². The molecule has 0 unspecified atom stereocenters. The zero-order chi connectivity index (χ0) is 23.8. The summed E-state index contributed by atoms with van der Waals surface area (Å²) >= 11 is 6.26. The van der Waals surface area contributed by atoms with Gasteiger partial charge in [0.15, 0.2) is 11.5 Å². The highest BCUT2D eigenvalue weighted by Gasteiger charge is 2.27. The van der Waals surface area contributed by atoms with Crippen molar-refractivity contribution in [3.63, 3.8) is 0 Å². The number of hydrogen-bond donors (Lipinski definition) is 1. The fraction of sp³-hybridized carbons (Fsp3) is 0.435. The monoisotopic (exact) mass is 495 g/mol. The molecular formula is C23H30ClN3O5S. The van der Waals surface area contributed by atoms with Gasteiger partial charge in [-0.3, -0.25) is 4.79 Å². The summed E-state index contributed by atoms with van der Waals surface area (Å²) in [6.07, 6.45) is 0. The number of nitrogens with zero attached hydrogens (tertiary/aromatic N) is 2. The van der Waals surface area contributed by atoms with Crippen LogP contribution in [0.2, 0.25) is 5.02 Å². The number of amides is 1. The molecule has 0 saturated carbocycles. The maximum Gasteiger partial charge on any atom is 0.251 e. The fourth-order valence-electron chi connectivity index (χ4n) is 3.63. The SMILES string of the molecule is CCOc1ccc(C(=O)NCCS(=O)(=O)N2CCN(c3ccccc3Cl)CC2)cc1OCC. The second-order valence-corrected chi connectivity index (χ2v) is 9.93. The van der Waals surface area contributed by atoms with E-state index in [1.165, 1.54) is 4.31 Å². The third kappa shape index (κ3) is 6.52. The van der Waals surface area contributed by atoms with Crippen molar-refractivity contribution >= 4 is 33.2 Å². The minimum Gasteiger partial charge on any atom is -0.490 e. The van der Waals surface area contributed by atoms with E-state index in [0.29, 0.717) is 61.5 Å². The van der Waals surface area contributed by atoms with E-state index in [9.17, 15) is 13.2 Å². The summed E-state index contributed by atoms with van der Waals surface area (Å²) in [5, 5.41) is 3.34. The summed E-state index contributed by atoms with van der Waals surface area (Å²) in [7, 11) is -3.49. The van der Waals surface area contributed by atoms with Crippen LogP contribution < -0.4 is 19.7 Å². The zero-order valence-electron chi connectivity index (χ0n) is 18.9. The van der Waals surface area contributed by atoms with Crippen LogP contribution in [-0.2, 0) is 10.0 Å². The van der Waals surface area contributed by atoms with E-state index in [4.69, 9.17) is 21.1 Å². The highest BCUT2D eigenvalue weighted by atomic mass is 35.5. The van der Waals surface area contributed by atoms with Crippen LogP contribution in [0, 0.1) is 0 Å². The Kier molecular flexibility index (Phi) is 8.82. The molecule has 1 N–H and O–H groups in total. The maximum absolute atomic E-state index is 12.8. The molecule has 2 aromatic carbocycles. The van der Waals surface area contributed by atoms with Gasteiger partial charge in [-0.05, 0) is 44.2 Å². The summed E-state index contributed by atoms with van der Waals surface area (Å²) in [6.45, 7) is 6.51. The van der Waals surface area contributed by atoms with Crippen molar-refractivity contribution in [3.8, 4) is 11.5 Å². The lowest BCUT2D eigenvalue weighted by Crippen LogP contribution is -2.50. The molecule has 0 bridgehead atoms. The van der Waals surface area contributed by atoms with Gasteiger partial charge in [-0.1, -0.05) is 23.7 Å². The molecule has 2 aromatic rings. The Morgan fingerprint density at radius 3 is 2.33 bits per heavy atom.